The normalized spacial score (nSPS) is 13.9. The predicted molar refractivity (Wildman–Crippen MR) is 117 cm³/mol. The van der Waals surface area contributed by atoms with E-state index in [0.717, 1.165) is 18.4 Å². The molecule has 0 unspecified atom stereocenters. The molecule has 0 amide bonds. The fraction of sp³-hybridized carbons (Fsp3) is 0.500. The molecule has 0 aliphatic heterocycles. The summed E-state index contributed by atoms with van der Waals surface area (Å²) in [6.07, 6.45) is 12.4. The second kappa shape index (κ2) is 9.41. The van der Waals surface area contributed by atoms with Crippen LogP contribution in [0.1, 0.15) is 99.5 Å². The third kappa shape index (κ3) is 4.01. The molecule has 2 heteroatoms. The van der Waals surface area contributed by atoms with Crippen molar-refractivity contribution in [3.05, 3.63) is 59.2 Å². The van der Waals surface area contributed by atoms with Crippen LogP contribution in [0.3, 0.4) is 0 Å². The molecule has 28 heavy (non-hydrogen) atoms. The van der Waals surface area contributed by atoms with Gasteiger partial charge in [-0.25, -0.2) is 4.79 Å². The number of hydrogen-bond donors (Lipinski definition) is 1. The Hall–Kier alpha value is -2.09. The van der Waals surface area contributed by atoms with E-state index >= 15 is 0 Å². The predicted octanol–water partition coefficient (Wildman–Crippen LogP) is 7.59. The van der Waals surface area contributed by atoms with Gasteiger partial charge >= 0.3 is 5.97 Å². The molecule has 0 heterocycles. The number of hydrogen-bond acceptors (Lipinski definition) is 1. The first-order chi connectivity index (χ1) is 13.6. The van der Waals surface area contributed by atoms with E-state index in [-0.39, 0.29) is 5.41 Å². The Morgan fingerprint density at radius 2 is 1.39 bits per heavy atom. The molecule has 0 aromatic heterocycles. The van der Waals surface area contributed by atoms with E-state index in [4.69, 9.17) is 0 Å². The van der Waals surface area contributed by atoms with Crippen LogP contribution in [0, 0.1) is 0 Å². The number of unbranched alkanes of at least 4 members (excludes halogenated alkanes) is 6. The Kier molecular flexibility index (Phi) is 6.93. The summed E-state index contributed by atoms with van der Waals surface area (Å²) in [5.74, 6) is -0.844. The van der Waals surface area contributed by atoms with Gasteiger partial charge in [0.15, 0.2) is 0 Å². The molecule has 0 radical (unpaired) electrons. The van der Waals surface area contributed by atoms with Gasteiger partial charge in [-0.15, -0.1) is 0 Å². The zero-order valence-corrected chi connectivity index (χ0v) is 17.5. The molecule has 0 saturated heterocycles. The fourth-order valence-electron chi connectivity index (χ4n) is 4.97. The van der Waals surface area contributed by atoms with E-state index < -0.39 is 5.97 Å². The van der Waals surface area contributed by atoms with Crippen LogP contribution < -0.4 is 0 Å². The van der Waals surface area contributed by atoms with Gasteiger partial charge in [0.25, 0.3) is 0 Å². The van der Waals surface area contributed by atoms with Crippen LogP contribution >= 0.6 is 0 Å². The first-order valence-corrected chi connectivity index (χ1v) is 11.1. The highest BCUT2D eigenvalue weighted by molar-refractivity contribution is 5.92. The Morgan fingerprint density at radius 3 is 2.00 bits per heavy atom. The number of carboxylic acids is 1. The van der Waals surface area contributed by atoms with Crippen molar-refractivity contribution in [3.63, 3.8) is 0 Å². The van der Waals surface area contributed by atoms with E-state index in [0.29, 0.717) is 5.56 Å². The SMILES string of the molecule is CCCCCCC1(CCCCCC)c2ccccc2-c2cc(C(=O)O)ccc21. The van der Waals surface area contributed by atoms with E-state index in [1.54, 1.807) is 6.07 Å². The number of aromatic carboxylic acids is 1. The van der Waals surface area contributed by atoms with Crippen molar-refractivity contribution in [1.82, 2.24) is 0 Å². The zero-order valence-electron chi connectivity index (χ0n) is 17.5. The second-order valence-electron chi connectivity index (χ2n) is 8.31. The lowest BCUT2D eigenvalue weighted by Crippen LogP contribution is -2.25. The first-order valence-electron chi connectivity index (χ1n) is 11.1. The van der Waals surface area contributed by atoms with E-state index in [1.165, 1.54) is 68.1 Å². The molecular weight excluding hydrogens is 344 g/mol. The molecule has 2 aromatic carbocycles. The molecule has 2 aromatic rings. The van der Waals surface area contributed by atoms with Crippen LogP contribution in [-0.4, -0.2) is 11.1 Å². The van der Waals surface area contributed by atoms with Gasteiger partial charge in [0.2, 0.25) is 0 Å². The van der Waals surface area contributed by atoms with Crippen molar-refractivity contribution in [2.45, 2.75) is 83.5 Å². The smallest absolute Gasteiger partial charge is 0.335 e. The maximum atomic E-state index is 11.6. The van der Waals surface area contributed by atoms with Crippen LogP contribution in [-0.2, 0) is 5.41 Å². The quantitative estimate of drug-likeness (QED) is 0.409. The summed E-state index contributed by atoms with van der Waals surface area (Å²) in [5, 5.41) is 9.50. The number of carboxylic acid groups (broad SMARTS) is 1. The van der Waals surface area contributed by atoms with Crippen LogP contribution in [0.5, 0.6) is 0 Å². The number of carbonyl (C=O) groups is 1. The van der Waals surface area contributed by atoms with E-state index in [9.17, 15) is 9.90 Å². The molecule has 0 saturated carbocycles. The van der Waals surface area contributed by atoms with Crippen LogP contribution in [0.25, 0.3) is 11.1 Å². The van der Waals surface area contributed by atoms with Gasteiger partial charge in [0, 0.05) is 5.41 Å². The lowest BCUT2D eigenvalue weighted by Gasteiger charge is -2.33. The maximum Gasteiger partial charge on any atom is 0.335 e. The van der Waals surface area contributed by atoms with Crippen molar-refractivity contribution in [1.29, 1.82) is 0 Å². The van der Waals surface area contributed by atoms with Gasteiger partial charge in [0.05, 0.1) is 5.56 Å². The lowest BCUT2D eigenvalue weighted by atomic mass is 9.70. The minimum absolute atomic E-state index is 0.0461. The Labute approximate surface area is 170 Å². The standard InChI is InChI=1S/C26H34O2/c1-3-5-7-11-17-26(18-12-8-6-4-2)23-14-10-9-13-21(23)22-19-20(25(27)28)15-16-24(22)26/h9-10,13-16,19H,3-8,11-12,17-18H2,1-2H3,(H,27,28). The third-order valence-electron chi connectivity index (χ3n) is 6.43. The molecule has 0 atom stereocenters. The third-order valence-corrected chi connectivity index (χ3v) is 6.43. The van der Waals surface area contributed by atoms with Crippen molar-refractivity contribution in [2.24, 2.45) is 0 Å². The topological polar surface area (TPSA) is 37.3 Å². The largest absolute Gasteiger partial charge is 0.478 e. The zero-order chi connectivity index (χ0) is 20.0. The van der Waals surface area contributed by atoms with E-state index in [1.807, 2.05) is 6.07 Å². The van der Waals surface area contributed by atoms with Crippen LogP contribution in [0.2, 0.25) is 0 Å². The molecule has 1 aliphatic carbocycles. The highest BCUT2D eigenvalue weighted by atomic mass is 16.4. The number of benzene rings is 2. The van der Waals surface area contributed by atoms with Gasteiger partial charge in [-0.05, 0) is 47.2 Å². The van der Waals surface area contributed by atoms with Gasteiger partial charge in [-0.2, -0.15) is 0 Å². The molecule has 3 rings (SSSR count). The first kappa shape index (κ1) is 20.6. The number of fused-ring (bicyclic) bond motifs is 3. The van der Waals surface area contributed by atoms with Gasteiger partial charge in [0.1, 0.15) is 0 Å². The van der Waals surface area contributed by atoms with Crippen molar-refractivity contribution in [2.75, 3.05) is 0 Å². The molecule has 2 nitrogen and oxygen atoms in total. The molecule has 0 bridgehead atoms. The average molecular weight is 379 g/mol. The molecule has 0 spiro atoms. The summed E-state index contributed by atoms with van der Waals surface area (Å²) in [5.41, 5.74) is 5.59. The highest BCUT2D eigenvalue weighted by Gasteiger charge is 2.42. The fourth-order valence-corrected chi connectivity index (χ4v) is 4.97. The Bertz CT molecular complexity index is 794. The average Bonchev–Trinajstić information content (AvgIpc) is 2.99. The van der Waals surface area contributed by atoms with Gasteiger partial charge in [-0.1, -0.05) is 95.5 Å². The molecule has 1 N–H and O–H groups in total. The van der Waals surface area contributed by atoms with Crippen LogP contribution in [0.15, 0.2) is 42.5 Å². The van der Waals surface area contributed by atoms with Crippen molar-refractivity contribution < 1.29 is 9.90 Å². The summed E-state index contributed by atoms with van der Waals surface area (Å²) >= 11 is 0. The Balaban J connectivity index is 2.03. The molecule has 0 fully saturated rings. The van der Waals surface area contributed by atoms with E-state index in [2.05, 4.69) is 44.2 Å². The highest BCUT2D eigenvalue weighted by Crippen LogP contribution is 2.54. The number of rotatable bonds is 11. The van der Waals surface area contributed by atoms with Crippen LogP contribution in [0.4, 0.5) is 0 Å². The Morgan fingerprint density at radius 1 is 0.786 bits per heavy atom. The monoisotopic (exact) mass is 378 g/mol. The van der Waals surface area contributed by atoms with Crippen molar-refractivity contribution in [3.8, 4) is 11.1 Å². The summed E-state index contributed by atoms with van der Waals surface area (Å²) in [6, 6.07) is 14.5. The minimum atomic E-state index is -0.844. The van der Waals surface area contributed by atoms with Crippen molar-refractivity contribution >= 4 is 5.97 Å². The minimum Gasteiger partial charge on any atom is -0.478 e. The molecule has 1 aliphatic rings. The van der Waals surface area contributed by atoms with Gasteiger partial charge in [-0.3, -0.25) is 0 Å². The second-order valence-corrected chi connectivity index (χ2v) is 8.31. The summed E-state index contributed by atoms with van der Waals surface area (Å²) < 4.78 is 0. The summed E-state index contributed by atoms with van der Waals surface area (Å²) in [4.78, 5) is 11.6. The lowest BCUT2D eigenvalue weighted by molar-refractivity contribution is 0.0697. The summed E-state index contributed by atoms with van der Waals surface area (Å²) in [7, 11) is 0. The molecular formula is C26H34O2. The van der Waals surface area contributed by atoms with Gasteiger partial charge < -0.3 is 5.11 Å². The molecule has 150 valence electrons. The summed E-state index contributed by atoms with van der Waals surface area (Å²) in [6.45, 7) is 4.52. The maximum absolute atomic E-state index is 11.6.